The molecule has 2 N–H and O–H groups in total. The standard InChI is InChI=1S/C10H8Cl2FN3/c1-16-9(14)4-8(15-16)6-2-5(11)3-7(13)10(6)12/h2-4H,14H2,1H3. The lowest BCUT2D eigenvalue weighted by atomic mass is 10.1. The summed E-state index contributed by atoms with van der Waals surface area (Å²) in [5.74, 6) is -0.111. The highest BCUT2D eigenvalue weighted by Crippen LogP contribution is 2.32. The van der Waals surface area contributed by atoms with E-state index in [1.807, 2.05) is 0 Å². The first-order chi connectivity index (χ1) is 7.49. The van der Waals surface area contributed by atoms with Gasteiger partial charge in [-0.2, -0.15) is 5.10 Å². The van der Waals surface area contributed by atoms with Gasteiger partial charge in [0.05, 0.1) is 10.7 Å². The van der Waals surface area contributed by atoms with Crippen LogP contribution in [0, 0.1) is 5.82 Å². The lowest BCUT2D eigenvalue weighted by Crippen LogP contribution is -1.96. The molecule has 1 aromatic carbocycles. The Balaban J connectivity index is 2.63. The predicted octanol–water partition coefficient (Wildman–Crippen LogP) is 3.12. The maximum atomic E-state index is 13.4. The summed E-state index contributed by atoms with van der Waals surface area (Å²) in [6, 6.07) is 4.31. The van der Waals surface area contributed by atoms with Gasteiger partial charge in [-0.25, -0.2) is 4.39 Å². The Labute approximate surface area is 102 Å². The van der Waals surface area contributed by atoms with Crippen LogP contribution in [0.5, 0.6) is 0 Å². The summed E-state index contributed by atoms with van der Waals surface area (Å²) in [6.07, 6.45) is 0. The van der Waals surface area contributed by atoms with E-state index in [2.05, 4.69) is 5.10 Å². The fraction of sp³-hybridized carbons (Fsp3) is 0.100. The molecular weight excluding hydrogens is 252 g/mol. The van der Waals surface area contributed by atoms with Crippen molar-refractivity contribution >= 4 is 29.0 Å². The quantitative estimate of drug-likeness (QED) is 0.800. The zero-order valence-corrected chi connectivity index (χ0v) is 9.85. The number of halogens is 3. The minimum atomic E-state index is -0.576. The van der Waals surface area contributed by atoms with Crippen LogP contribution in [-0.2, 0) is 7.05 Å². The maximum absolute atomic E-state index is 13.4. The van der Waals surface area contributed by atoms with Crippen LogP contribution in [0.2, 0.25) is 10.0 Å². The molecule has 16 heavy (non-hydrogen) atoms. The van der Waals surface area contributed by atoms with Crippen LogP contribution in [0.15, 0.2) is 18.2 Å². The van der Waals surface area contributed by atoms with Gasteiger partial charge in [-0.1, -0.05) is 23.2 Å². The molecule has 6 heteroatoms. The lowest BCUT2D eigenvalue weighted by Gasteiger charge is -2.02. The summed E-state index contributed by atoms with van der Waals surface area (Å²) in [5, 5.41) is 4.36. The molecule has 0 fully saturated rings. The van der Waals surface area contributed by atoms with Crippen LogP contribution >= 0.6 is 23.2 Å². The van der Waals surface area contributed by atoms with E-state index in [0.717, 1.165) is 6.07 Å². The monoisotopic (exact) mass is 259 g/mol. The summed E-state index contributed by atoms with van der Waals surface area (Å²) in [7, 11) is 1.69. The van der Waals surface area contributed by atoms with Gasteiger partial charge in [0, 0.05) is 23.7 Å². The molecular formula is C10H8Cl2FN3. The predicted molar refractivity (Wildman–Crippen MR) is 63.0 cm³/mol. The average molecular weight is 260 g/mol. The summed E-state index contributed by atoms with van der Waals surface area (Å²) in [6.45, 7) is 0. The van der Waals surface area contributed by atoms with Crippen LogP contribution in [0.3, 0.4) is 0 Å². The number of hydrogen-bond acceptors (Lipinski definition) is 2. The molecule has 0 bridgehead atoms. The Morgan fingerprint density at radius 2 is 2.00 bits per heavy atom. The average Bonchev–Trinajstić information content (AvgIpc) is 2.53. The van der Waals surface area contributed by atoms with E-state index < -0.39 is 5.82 Å². The smallest absolute Gasteiger partial charge is 0.143 e. The normalized spacial score (nSPS) is 10.8. The minimum Gasteiger partial charge on any atom is -0.384 e. The van der Waals surface area contributed by atoms with Gasteiger partial charge < -0.3 is 5.73 Å². The summed E-state index contributed by atoms with van der Waals surface area (Å²) < 4.78 is 14.8. The van der Waals surface area contributed by atoms with Gasteiger partial charge in [-0.05, 0) is 12.1 Å². The summed E-state index contributed by atoms with van der Waals surface area (Å²) in [5.41, 5.74) is 6.56. The molecule has 0 saturated heterocycles. The highest BCUT2D eigenvalue weighted by molar-refractivity contribution is 6.35. The van der Waals surface area contributed by atoms with Gasteiger partial charge in [-0.3, -0.25) is 4.68 Å². The van der Waals surface area contributed by atoms with Crippen molar-refractivity contribution in [2.45, 2.75) is 0 Å². The van der Waals surface area contributed by atoms with Crippen LogP contribution in [0.4, 0.5) is 10.2 Å². The first kappa shape index (κ1) is 11.2. The highest BCUT2D eigenvalue weighted by atomic mass is 35.5. The Hall–Kier alpha value is -1.26. The Kier molecular flexibility index (Phi) is 2.78. The molecule has 84 valence electrons. The van der Waals surface area contributed by atoms with Crippen molar-refractivity contribution < 1.29 is 4.39 Å². The third-order valence-corrected chi connectivity index (χ3v) is 2.79. The van der Waals surface area contributed by atoms with Gasteiger partial charge in [0.1, 0.15) is 11.6 Å². The molecule has 2 rings (SSSR count). The fourth-order valence-corrected chi connectivity index (χ4v) is 1.77. The lowest BCUT2D eigenvalue weighted by molar-refractivity contribution is 0.628. The first-order valence-corrected chi connectivity index (χ1v) is 5.19. The Morgan fingerprint density at radius 3 is 2.56 bits per heavy atom. The number of nitrogen functional groups attached to an aromatic ring is 1. The van der Waals surface area contributed by atoms with Gasteiger partial charge in [0.15, 0.2) is 0 Å². The molecule has 0 unspecified atom stereocenters. The van der Waals surface area contributed by atoms with Crippen molar-refractivity contribution in [3.05, 3.63) is 34.1 Å². The minimum absolute atomic E-state index is 0.0116. The molecule has 0 aliphatic carbocycles. The zero-order chi connectivity index (χ0) is 11.9. The van der Waals surface area contributed by atoms with Crippen molar-refractivity contribution in [1.82, 2.24) is 9.78 Å². The topological polar surface area (TPSA) is 43.8 Å². The zero-order valence-electron chi connectivity index (χ0n) is 8.34. The third-order valence-electron chi connectivity index (χ3n) is 2.18. The molecule has 3 nitrogen and oxygen atoms in total. The van der Waals surface area contributed by atoms with E-state index in [1.54, 1.807) is 19.2 Å². The van der Waals surface area contributed by atoms with E-state index in [1.165, 1.54) is 4.68 Å². The Bertz CT molecular complexity index is 532. The molecule has 0 spiro atoms. The van der Waals surface area contributed by atoms with Crippen molar-refractivity contribution in [2.75, 3.05) is 5.73 Å². The van der Waals surface area contributed by atoms with Gasteiger partial charge in [0.2, 0.25) is 0 Å². The number of aromatic nitrogens is 2. The third kappa shape index (κ3) is 1.86. The van der Waals surface area contributed by atoms with Crippen molar-refractivity contribution in [3.63, 3.8) is 0 Å². The van der Waals surface area contributed by atoms with Crippen LogP contribution in [0.1, 0.15) is 0 Å². The summed E-state index contributed by atoms with van der Waals surface area (Å²) >= 11 is 11.6. The van der Waals surface area contributed by atoms with Crippen LogP contribution in [-0.4, -0.2) is 9.78 Å². The molecule has 0 amide bonds. The molecule has 1 aromatic heterocycles. The fourth-order valence-electron chi connectivity index (χ4n) is 1.36. The SMILES string of the molecule is Cn1nc(-c2cc(Cl)cc(F)c2Cl)cc1N. The number of nitrogens with two attached hydrogens (primary N) is 1. The van der Waals surface area contributed by atoms with E-state index in [9.17, 15) is 4.39 Å². The molecule has 0 aliphatic rings. The largest absolute Gasteiger partial charge is 0.384 e. The molecule has 1 heterocycles. The molecule has 0 aliphatic heterocycles. The number of rotatable bonds is 1. The van der Waals surface area contributed by atoms with Crippen LogP contribution in [0.25, 0.3) is 11.3 Å². The van der Waals surface area contributed by atoms with E-state index in [-0.39, 0.29) is 10.0 Å². The number of hydrogen-bond donors (Lipinski definition) is 1. The Morgan fingerprint density at radius 1 is 1.31 bits per heavy atom. The van der Waals surface area contributed by atoms with Crippen LogP contribution < -0.4 is 5.73 Å². The van der Waals surface area contributed by atoms with Crippen molar-refractivity contribution in [2.24, 2.45) is 7.05 Å². The van der Waals surface area contributed by atoms with Gasteiger partial charge in [0.25, 0.3) is 0 Å². The first-order valence-electron chi connectivity index (χ1n) is 4.43. The van der Waals surface area contributed by atoms with E-state index in [0.29, 0.717) is 17.1 Å². The molecule has 0 saturated carbocycles. The molecule has 0 atom stereocenters. The second-order valence-electron chi connectivity index (χ2n) is 3.33. The van der Waals surface area contributed by atoms with Gasteiger partial charge in [-0.15, -0.1) is 0 Å². The molecule has 0 radical (unpaired) electrons. The van der Waals surface area contributed by atoms with E-state index >= 15 is 0 Å². The van der Waals surface area contributed by atoms with Crippen molar-refractivity contribution in [1.29, 1.82) is 0 Å². The maximum Gasteiger partial charge on any atom is 0.143 e. The van der Waals surface area contributed by atoms with Crippen molar-refractivity contribution in [3.8, 4) is 11.3 Å². The summed E-state index contributed by atoms with van der Waals surface area (Å²) in [4.78, 5) is 0. The van der Waals surface area contributed by atoms with E-state index in [4.69, 9.17) is 28.9 Å². The number of benzene rings is 1. The number of aryl methyl sites for hydroxylation is 1. The second kappa shape index (κ2) is 3.96. The van der Waals surface area contributed by atoms with Gasteiger partial charge >= 0.3 is 0 Å². The second-order valence-corrected chi connectivity index (χ2v) is 4.14. The molecule has 2 aromatic rings. The number of anilines is 1. The number of nitrogens with zero attached hydrogens (tertiary/aromatic N) is 2. The highest BCUT2D eigenvalue weighted by Gasteiger charge is 2.13.